The standard InChI is InChI=1S/C15H24N2O4/c1-5-17(15(3,4)13(18)19)14(20)16-11(2)8-9-12-7-6-10-21-12/h6-7,10-11H,5,8-9H2,1-4H3,(H,16,20)(H,18,19). The van der Waals surface area contributed by atoms with Gasteiger partial charge in [0.25, 0.3) is 0 Å². The molecule has 2 amide bonds. The second-order valence-corrected chi connectivity index (χ2v) is 5.58. The van der Waals surface area contributed by atoms with E-state index >= 15 is 0 Å². The summed E-state index contributed by atoms with van der Waals surface area (Å²) in [7, 11) is 0. The highest BCUT2D eigenvalue weighted by Gasteiger charge is 2.37. The van der Waals surface area contributed by atoms with Crippen LogP contribution in [0.1, 0.15) is 39.9 Å². The summed E-state index contributed by atoms with van der Waals surface area (Å²) in [4.78, 5) is 24.8. The minimum atomic E-state index is -1.24. The first-order valence-corrected chi connectivity index (χ1v) is 7.13. The maximum Gasteiger partial charge on any atom is 0.329 e. The Morgan fingerprint density at radius 1 is 1.48 bits per heavy atom. The zero-order valence-corrected chi connectivity index (χ0v) is 13.0. The predicted molar refractivity (Wildman–Crippen MR) is 79.1 cm³/mol. The van der Waals surface area contributed by atoms with Crippen LogP contribution in [0.3, 0.4) is 0 Å². The molecule has 0 aliphatic heterocycles. The van der Waals surface area contributed by atoms with Gasteiger partial charge in [-0.1, -0.05) is 0 Å². The lowest BCUT2D eigenvalue weighted by Gasteiger charge is -2.35. The van der Waals surface area contributed by atoms with Gasteiger partial charge in [-0.25, -0.2) is 9.59 Å². The number of aryl methyl sites for hydroxylation is 1. The molecule has 6 nitrogen and oxygen atoms in total. The van der Waals surface area contributed by atoms with Crippen molar-refractivity contribution < 1.29 is 19.1 Å². The van der Waals surface area contributed by atoms with Gasteiger partial charge in [-0.15, -0.1) is 0 Å². The van der Waals surface area contributed by atoms with E-state index in [1.54, 1.807) is 13.2 Å². The summed E-state index contributed by atoms with van der Waals surface area (Å²) in [6, 6.07) is 3.28. The second-order valence-electron chi connectivity index (χ2n) is 5.58. The molecule has 1 aromatic rings. The quantitative estimate of drug-likeness (QED) is 0.810. The first kappa shape index (κ1) is 17.1. The summed E-state index contributed by atoms with van der Waals surface area (Å²) >= 11 is 0. The number of urea groups is 1. The van der Waals surface area contributed by atoms with E-state index in [1.807, 2.05) is 19.1 Å². The molecule has 21 heavy (non-hydrogen) atoms. The summed E-state index contributed by atoms with van der Waals surface area (Å²) in [5, 5.41) is 12.1. The SMILES string of the molecule is CCN(C(=O)NC(C)CCc1ccco1)C(C)(C)C(=O)O. The highest BCUT2D eigenvalue weighted by Crippen LogP contribution is 2.15. The Morgan fingerprint density at radius 2 is 2.14 bits per heavy atom. The minimum Gasteiger partial charge on any atom is -0.480 e. The molecule has 1 atom stereocenters. The smallest absolute Gasteiger partial charge is 0.329 e. The third-order valence-corrected chi connectivity index (χ3v) is 3.53. The van der Waals surface area contributed by atoms with Crippen LogP contribution < -0.4 is 5.32 Å². The van der Waals surface area contributed by atoms with Gasteiger partial charge < -0.3 is 19.7 Å². The Hall–Kier alpha value is -1.98. The monoisotopic (exact) mass is 296 g/mol. The molecule has 0 aliphatic carbocycles. The summed E-state index contributed by atoms with van der Waals surface area (Å²) < 4.78 is 5.24. The van der Waals surface area contributed by atoms with E-state index < -0.39 is 11.5 Å². The fourth-order valence-electron chi connectivity index (χ4n) is 2.08. The van der Waals surface area contributed by atoms with Gasteiger partial charge in [-0.3, -0.25) is 0 Å². The first-order valence-electron chi connectivity index (χ1n) is 7.13. The number of likely N-dealkylation sites (N-methyl/N-ethyl adjacent to an activating group) is 1. The van der Waals surface area contributed by atoms with Crippen molar-refractivity contribution in [2.45, 2.75) is 52.1 Å². The first-order chi connectivity index (χ1) is 9.78. The molecule has 0 saturated heterocycles. The molecule has 0 saturated carbocycles. The fraction of sp³-hybridized carbons (Fsp3) is 0.600. The van der Waals surface area contributed by atoms with Gasteiger partial charge in [0.05, 0.1) is 6.26 Å². The van der Waals surface area contributed by atoms with Crippen molar-refractivity contribution in [3.8, 4) is 0 Å². The van der Waals surface area contributed by atoms with E-state index in [0.717, 1.165) is 18.6 Å². The van der Waals surface area contributed by atoms with Gasteiger partial charge >= 0.3 is 12.0 Å². The highest BCUT2D eigenvalue weighted by molar-refractivity contribution is 5.85. The molecule has 0 radical (unpaired) electrons. The van der Waals surface area contributed by atoms with Crippen molar-refractivity contribution >= 4 is 12.0 Å². The van der Waals surface area contributed by atoms with Gasteiger partial charge in [0.1, 0.15) is 11.3 Å². The molecule has 0 aromatic carbocycles. The van der Waals surface area contributed by atoms with Crippen LogP contribution in [0.15, 0.2) is 22.8 Å². The number of hydrogen-bond donors (Lipinski definition) is 2. The maximum atomic E-state index is 12.2. The Kier molecular flexibility index (Phi) is 5.81. The summed E-state index contributed by atoms with van der Waals surface area (Å²) in [5.74, 6) is -0.156. The molecule has 118 valence electrons. The van der Waals surface area contributed by atoms with E-state index in [-0.39, 0.29) is 12.1 Å². The minimum absolute atomic E-state index is 0.0683. The summed E-state index contributed by atoms with van der Waals surface area (Å²) in [6.45, 7) is 7.02. The van der Waals surface area contributed by atoms with Crippen molar-refractivity contribution in [2.75, 3.05) is 6.54 Å². The molecule has 2 N–H and O–H groups in total. The van der Waals surface area contributed by atoms with Crippen LogP contribution in [0.2, 0.25) is 0 Å². The van der Waals surface area contributed by atoms with Gasteiger partial charge in [0, 0.05) is 19.0 Å². The molecule has 1 heterocycles. The Bertz CT molecular complexity index is 468. The normalized spacial score (nSPS) is 12.8. The van der Waals surface area contributed by atoms with Crippen LogP contribution in [0.4, 0.5) is 4.79 Å². The van der Waals surface area contributed by atoms with E-state index in [0.29, 0.717) is 6.54 Å². The number of carbonyl (C=O) groups is 2. The van der Waals surface area contributed by atoms with Crippen LogP contribution in [-0.4, -0.2) is 40.1 Å². The van der Waals surface area contributed by atoms with Gasteiger partial charge in [-0.2, -0.15) is 0 Å². The molecule has 0 bridgehead atoms. The van der Waals surface area contributed by atoms with Crippen molar-refractivity contribution in [1.29, 1.82) is 0 Å². The Morgan fingerprint density at radius 3 is 2.62 bits per heavy atom. The van der Waals surface area contributed by atoms with Gasteiger partial charge in [-0.05, 0) is 46.2 Å². The fourth-order valence-corrected chi connectivity index (χ4v) is 2.08. The Labute approximate surface area is 125 Å². The molecular weight excluding hydrogens is 272 g/mol. The number of carboxylic acids is 1. The van der Waals surface area contributed by atoms with Crippen molar-refractivity contribution in [2.24, 2.45) is 0 Å². The number of rotatable bonds is 7. The number of carbonyl (C=O) groups excluding carboxylic acids is 1. The van der Waals surface area contributed by atoms with Gasteiger partial charge in [0.2, 0.25) is 0 Å². The molecule has 0 aliphatic rings. The lowest BCUT2D eigenvalue weighted by atomic mass is 10.0. The zero-order chi connectivity index (χ0) is 16.0. The Balaban J connectivity index is 2.55. The van der Waals surface area contributed by atoms with E-state index in [4.69, 9.17) is 4.42 Å². The van der Waals surface area contributed by atoms with Crippen LogP contribution in [0, 0.1) is 0 Å². The summed E-state index contributed by atoms with van der Waals surface area (Å²) in [5.41, 5.74) is -1.24. The zero-order valence-electron chi connectivity index (χ0n) is 13.0. The number of carboxylic acid groups (broad SMARTS) is 1. The molecule has 1 rings (SSSR count). The van der Waals surface area contributed by atoms with Crippen molar-refractivity contribution in [3.05, 3.63) is 24.2 Å². The molecule has 1 aromatic heterocycles. The number of hydrogen-bond acceptors (Lipinski definition) is 3. The number of nitrogens with zero attached hydrogens (tertiary/aromatic N) is 1. The average molecular weight is 296 g/mol. The highest BCUT2D eigenvalue weighted by atomic mass is 16.4. The third kappa shape index (κ3) is 4.51. The second kappa shape index (κ2) is 7.15. The van der Waals surface area contributed by atoms with Crippen LogP contribution >= 0.6 is 0 Å². The largest absolute Gasteiger partial charge is 0.480 e. The third-order valence-electron chi connectivity index (χ3n) is 3.53. The topological polar surface area (TPSA) is 82.8 Å². The molecular formula is C15H24N2O4. The lowest BCUT2D eigenvalue weighted by Crippen LogP contribution is -2.57. The molecule has 0 spiro atoms. The number of amides is 2. The summed E-state index contributed by atoms with van der Waals surface area (Å²) in [6.07, 6.45) is 3.07. The van der Waals surface area contributed by atoms with Crippen molar-refractivity contribution in [3.63, 3.8) is 0 Å². The number of furan rings is 1. The number of nitrogens with one attached hydrogen (secondary N) is 1. The van der Waals surface area contributed by atoms with Crippen LogP contribution in [0.25, 0.3) is 0 Å². The van der Waals surface area contributed by atoms with Crippen molar-refractivity contribution in [1.82, 2.24) is 10.2 Å². The molecule has 6 heteroatoms. The van der Waals surface area contributed by atoms with E-state index in [9.17, 15) is 14.7 Å². The molecule has 0 fully saturated rings. The lowest BCUT2D eigenvalue weighted by molar-refractivity contribution is -0.147. The van der Waals surface area contributed by atoms with Crippen LogP contribution in [0.5, 0.6) is 0 Å². The molecule has 1 unspecified atom stereocenters. The maximum absolute atomic E-state index is 12.2. The average Bonchev–Trinajstić information content (AvgIpc) is 2.89. The van der Waals surface area contributed by atoms with Gasteiger partial charge in [0.15, 0.2) is 0 Å². The predicted octanol–water partition coefficient (Wildman–Crippen LogP) is 2.50. The van der Waals surface area contributed by atoms with E-state index in [1.165, 1.54) is 18.7 Å². The number of aliphatic carboxylic acids is 1. The van der Waals surface area contributed by atoms with E-state index in [2.05, 4.69) is 5.32 Å². The van der Waals surface area contributed by atoms with Crippen LogP contribution in [-0.2, 0) is 11.2 Å².